The third-order valence-corrected chi connectivity index (χ3v) is 4.87. The Labute approximate surface area is 139 Å². The maximum Gasteiger partial charge on any atom is 0.312 e. The molecule has 128 valence electrons. The molecule has 0 radical (unpaired) electrons. The van der Waals surface area contributed by atoms with Gasteiger partial charge in [0.2, 0.25) is 0 Å². The van der Waals surface area contributed by atoms with Crippen molar-refractivity contribution in [2.45, 2.75) is 31.3 Å². The van der Waals surface area contributed by atoms with Crippen molar-refractivity contribution in [2.75, 3.05) is 0 Å². The molecule has 2 aromatic rings. The molecule has 0 aliphatic rings. The fourth-order valence-electron chi connectivity index (χ4n) is 1.84. The molecule has 0 fully saturated rings. The molecule has 1 heterocycles. The van der Waals surface area contributed by atoms with Gasteiger partial charge in [0.1, 0.15) is 6.33 Å². The van der Waals surface area contributed by atoms with Crippen LogP contribution in [0, 0.1) is 6.92 Å². The van der Waals surface area contributed by atoms with Gasteiger partial charge >= 0.3 is 5.97 Å². The Morgan fingerprint density at radius 1 is 1.29 bits per heavy atom. The highest BCUT2D eigenvalue weighted by molar-refractivity contribution is 7.90. The number of aryl methyl sites for hydroxylation is 1. The Hall–Kier alpha value is -2.68. The molecule has 0 spiro atoms. The van der Waals surface area contributed by atoms with Crippen molar-refractivity contribution in [3.8, 4) is 0 Å². The third-order valence-electron chi connectivity index (χ3n) is 3.24. The number of primary amides is 1. The highest BCUT2D eigenvalue weighted by Gasteiger charge is 2.20. The van der Waals surface area contributed by atoms with E-state index in [1.165, 1.54) is 25.3 Å². The Kier molecular flexibility index (Phi) is 5.03. The van der Waals surface area contributed by atoms with Gasteiger partial charge in [-0.25, -0.2) is 17.4 Å². The second kappa shape index (κ2) is 6.83. The van der Waals surface area contributed by atoms with Crippen LogP contribution in [0.4, 0.5) is 0 Å². The number of hydrogen-bond donors (Lipinski definition) is 1. The van der Waals surface area contributed by atoms with Crippen molar-refractivity contribution in [1.29, 1.82) is 0 Å². The van der Waals surface area contributed by atoms with Crippen LogP contribution in [0.15, 0.2) is 41.7 Å². The highest BCUT2D eigenvalue weighted by atomic mass is 32.2. The first-order chi connectivity index (χ1) is 11.2. The van der Waals surface area contributed by atoms with E-state index in [2.05, 4.69) is 4.98 Å². The second-order valence-electron chi connectivity index (χ2n) is 5.22. The topological polar surface area (TPSA) is 121 Å². The number of carbonyl (C=O) groups excluding carboxylic acids is 2. The lowest BCUT2D eigenvalue weighted by atomic mass is 10.2. The molecule has 1 unspecified atom stereocenters. The van der Waals surface area contributed by atoms with Gasteiger partial charge in [0.05, 0.1) is 17.0 Å². The van der Waals surface area contributed by atoms with Gasteiger partial charge in [0, 0.05) is 6.20 Å². The van der Waals surface area contributed by atoms with Crippen LogP contribution in [-0.2, 0) is 30.8 Å². The molecule has 24 heavy (non-hydrogen) atoms. The standard InChI is InChI=1S/C15H17N3O5S/c1-10-3-5-13(6-4-10)24(21,22)18-8-12(17-9-18)7-14(19)23-11(2)15(16)20/h3-6,8-9,11H,7H2,1-2H3,(H2,16,20). The number of carbonyl (C=O) groups is 2. The largest absolute Gasteiger partial charge is 0.452 e. The summed E-state index contributed by atoms with van der Waals surface area (Å²) in [5, 5.41) is 0. The summed E-state index contributed by atoms with van der Waals surface area (Å²) in [6, 6.07) is 6.36. The van der Waals surface area contributed by atoms with Gasteiger partial charge in [-0.3, -0.25) is 9.59 Å². The van der Waals surface area contributed by atoms with E-state index >= 15 is 0 Å². The Balaban J connectivity index is 2.14. The van der Waals surface area contributed by atoms with Gasteiger partial charge in [0.15, 0.2) is 6.10 Å². The van der Waals surface area contributed by atoms with Gasteiger partial charge in [-0.05, 0) is 26.0 Å². The molecule has 0 aliphatic carbocycles. The first kappa shape index (κ1) is 17.7. The Morgan fingerprint density at radius 2 is 1.92 bits per heavy atom. The van der Waals surface area contributed by atoms with Crippen LogP contribution in [0.25, 0.3) is 0 Å². The fraction of sp³-hybridized carbons (Fsp3) is 0.267. The minimum absolute atomic E-state index is 0.113. The number of amides is 1. The summed E-state index contributed by atoms with van der Waals surface area (Å²) in [5.41, 5.74) is 6.14. The first-order valence-electron chi connectivity index (χ1n) is 7.04. The van der Waals surface area contributed by atoms with Crippen LogP contribution in [0.5, 0.6) is 0 Å². The number of hydrogen-bond acceptors (Lipinski definition) is 6. The zero-order chi connectivity index (χ0) is 17.9. The highest BCUT2D eigenvalue weighted by Crippen LogP contribution is 2.15. The molecule has 0 saturated carbocycles. The predicted octanol–water partition coefficient (Wildman–Crippen LogP) is 0.388. The molecule has 0 bridgehead atoms. The van der Waals surface area contributed by atoms with Crippen molar-refractivity contribution in [1.82, 2.24) is 8.96 Å². The number of nitrogens with two attached hydrogens (primary N) is 1. The number of esters is 1. The third kappa shape index (κ3) is 3.99. The van der Waals surface area contributed by atoms with E-state index in [1.807, 2.05) is 6.92 Å². The average Bonchev–Trinajstić information content (AvgIpc) is 2.96. The number of benzene rings is 1. The summed E-state index contributed by atoms with van der Waals surface area (Å²) in [6.45, 7) is 3.20. The molecule has 0 aliphatic heterocycles. The van der Waals surface area contributed by atoms with E-state index < -0.39 is 28.0 Å². The monoisotopic (exact) mass is 351 g/mol. The number of aromatic nitrogens is 2. The number of ether oxygens (including phenoxy) is 1. The molecule has 1 atom stereocenters. The maximum atomic E-state index is 12.5. The van der Waals surface area contributed by atoms with Gasteiger partial charge in [0.25, 0.3) is 15.9 Å². The zero-order valence-corrected chi connectivity index (χ0v) is 14.0. The van der Waals surface area contributed by atoms with E-state index in [4.69, 9.17) is 10.5 Å². The lowest BCUT2D eigenvalue weighted by molar-refractivity contribution is -0.153. The molecule has 9 heteroatoms. The van der Waals surface area contributed by atoms with Crippen molar-refractivity contribution in [3.63, 3.8) is 0 Å². The summed E-state index contributed by atoms with van der Waals surface area (Å²) in [6.07, 6.45) is 1.00. The number of rotatable bonds is 6. The average molecular weight is 351 g/mol. The summed E-state index contributed by atoms with van der Waals surface area (Å²) < 4.78 is 30.6. The predicted molar refractivity (Wildman–Crippen MR) is 84.4 cm³/mol. The first-order valence-corrected chi connectivity index (χ1v) is 8.48. The van der Waals surface area contributed by atoms with Crippen LogP contribution in [0.1, 0.15) is 18.2 Å². The van der Waals surface area contributed by atoms with Crippen LogP contribution in [0.3, 0.4) is 0 Å². The minimum Gasteiger partial charge on any atom is -0.452 e. The lowest BCUT2D eigenvalue weighted by Crippen LogP contribution is -2.31. The van der Waals surface area contributed by atoms with Gasteiger partial charge in [-0.1, -0.05) is 17.7 Å². The fourth-order valence-corrected chi connectivity index (χ4v) is 3.00. The molecule has 1 aromatic carbocycles. The minimum atomic E-state index is -3.78. The van der Waals surface area contributed by atoms with E-state index in [9.17, 15) is 18.0 Å². The van der Waals surface area contributed by atoms with Crippen molar-refractivity contribution in [2.24, 2.45) is 5.73 Å². The number of nitrogens with zero attached hydrogens (tertiary/aromatic N) is 2. The quantitative estimate of drug-likeness (QED) is 0.751. The van der Waals surface area contributed by atoms with Crippen LogP contribution >= 0.6 is 0 Å². The lowest BCUT2D eigenvalue weighted by Gasteiger charge is -2.08. The Bertz CT molecular complexity index is 855. The number of imidazole rings is 1. The van der Waals surface area contributed by atoms with Crippen molar-refractivity contribution in [3.05, 3.63) is 48.0 Å². The molecular formula is C15H17N3O5S. The van der Waals surface area contributed by atoms with Crippen LogP contribution < -0.4 is 5.73 Å². The summed E-state index contributed by atoms with van der Waals surface area (Å²) in [5.74, 6) is -1.49. The zero-order valence-electron chi connectivity index (χ0n) is 13.2. The molecule has 2 rings (SSSR count). The second-order valence-corrected chi connectivity index (χ2v) is 7.07. The molecule has 1 amide bonds. The maximum absolute atomic E-state index is 12.5. The van der Waals surface area contributed by atoms with Gasteiger partial charge in [-0.15, -0.1) is 0 Å². The smallest absolute Gasteiger partial charge is 0.312 e. The van der Waals surface area contributed by atoms with Crippen molar-refractivity contribution >= 4 is 21.9 Å². The summed E-state index contributed by atoms with van der Waals surface area (Å²) in [4.78, 5) is 26.5. The van der Waals surface area contributed by atoms with E-state index in [0.29, 0.717) is 0 Å². The van der Waals surface area contributed by atoms with Crippen molar-refractivity contribution < 1.29 is 22.7 Å². The van der Waals surface area contributed by atoms with Crippen LogP contribution in [0.2, 0.25) is 0 Å². The molecule has 8 nitrogen and oxygen atoms in total. The molecule has 2 N–H and O–H groups in total. The van der Waals surface area contributed by atoms with E-state index in [-0.39, 0.29) is 17.0 Å². The van der Waals surface area contributed by atoms with E-state index in [1.54, 1.807) is 12.1 Å². The SMILES string of the molecule is Cc1ccc(S(=O)(=O)n2cnc(CC(=O)OC(C)C(N)=O)c2)cc1. The molecule has 1 aromatic heterocycles. The Morgan fingerprint density at radius 3 is 2.50 bits per heavy atom. The van der Waals surface area contributed by atoms with E-state index in [0.717, 1.165) is 15.9 Å². The normalized spacial score (nSPS) is 12.6. The van der Waals surface area contributed by atoms with Gasteiger partial charge < -0.3 is 10.5 Å². The summed E-state index contributed by atoms with van der Waals surface area (Å²) in [7, 11) is -3.78. The molecule has 0 saturated heterocycles. The van der Waals surface area contributed by atoms with Crippen LogP contribution in [-0.4, -0.2) is 35.4 Å². The van der Waals surface area contributed by atoms with Gasteiger partial charge in [-0.2, -0.15) is 0 Å². The summed E-state index contributed by atoms with van der Waals surface area (Å²) >= 11 is 0. The molecular weight excluding hydrogens is 334 g/mol.